The number of rotatable bonds is 5. The first kappa shape index (κ1) is 17.5. The SMILES string of the molecule is C[C@@H](OC(=O)c1cccc(C#N)c1)C(=O)NCc1ccccc1Cl. The van der Waals surface area contributed by atoms with Gasteiger partial charge in [0, 0.05) is 11.6 Å². The highest BCUT2D eigenvalue weighted by Gasteiger charge is 2.19. The summed E-state index contributed by atoms with van der Waals surface area (Å²) in [4.78, 5) is 24.1. The van der Waals surface area contributed by atoms with Crippen LogP contribution >= 0.6 is 11.6 Å². The van der Waals surface area contributed by atoms with Crippen LogP contribution in [0.3, 0.4) is 0 Å². The molecule has 1 atom stereocenters. The maximum Gasteiger partial charge on any atom is 0.338 e. The Hall–Kier alpha value is -2.84. The van der Waals surface area contributed by atoms with Gasteiger partial charge in [-0.1, -0.05) is 35.9 Å². The van der Waals surface area contributed by atoms with Gasteiger partial charge in [-0.15, -0.1) is 0 Å². The monoisotopic (exact) mass is 342 g/mol. The van der Waals surface area contributed by atoms with E-state index in [-0.39, 0.29) is 12.1 Å². The van der Waals surface area contributed by atoms with E-state index in [1.54, 1.807) is 30.3 Å². The van der Waals surface area contributed by atoms with Crippen molar-refractivity contribution in [1.29, 1.82) is 5.26 Å². The Labute approximate surface area is 144 Å². The van der Waals surface area contributed by atoms with Gasteiger partial charge < -0.3 is 10.1 Å². The molecule has 1 amide bonds. The lowest BCUT2D eigenvalue weighted by atomic mass is 10.1. The molecule has 0 saturated carbocycles. The van der Waals surface area contributed by atoms with Crippen molar-refractivity contribution in [1.82, 2.24) is 5.32 Å². The van der Waals surface area contributed by atoms with Crippen LogP contribution in [-0.4, -0.2) is 18.0 Å². The molecule has 0 aliphatic rings. The van der Waals surface area contributed by atoms with Crippen LogP contribution < -0.4 is 5.32 Å². The third-order valence-corrected chi connectivity index (χ3v) is 3.66. The molecule has 2 rings (SSSR count). The average molecular weight is 343 g/mol. The topological polar surface area (TPSA) is 79.2 Å². The zero-order valence-corrected chi connectivity index (χ0v) is 13.7. The van der Waals surface area contributed by atoms with Crippen LogP contribution in [0.15, 0.2) is 48.5 Å². The number of amides is 1. The number of benzene rings is 2. The molecule has 0 saturated heterocycles. The molecule has 0 spiro atoms. The van der Waals surface area contributed by atoms with Crippen LogP contribution in [0.4, 0.5) is 0 Å². The minimum atomic E-state index is -0.967. The molecule has 2 aromatic carbocycles. The van der Waals surface area contributed by atoms with Gasteiger partial charge in [0.05, 0.1) is 17.2 Å². The first-order chi connectivity index (χ1) is 11.5. The molecule has 0 fully saturated rings. The van der Waals surface area contributed by atoms with Crippen molar-refractivity contribution in [3.63, 3.8) is 0 Å². The minimum Gasteiger partial charge on any atom is -0.449 e. The fourth-order valence-electron chi connectivity index (χ4n) is 1.97. The maximum atomic E-state index is 12.0. The first-order valence-corrected chi connectivity index (χ1v) is 7.61. The number of esters is 1. The number of ether oxygens (including phenoxy) is 1. The lowest BCUT2D eigenvalue weighted by Gasteiger charge is -2.14. The second kappa shape index (κ2) is 8.14. The van der Waals surface area contributed by atoms with E-state index in [9.17, 15) is 9.59 Å². The van der Waals surface area contributed by atoms with E-state index in [1.807, 2.05) is 12.1 Å². The summed E-state index contributed by atoms with van der Waals surface area (Å²) < 4.78 is 5.12. The summed E-state index contributed by atoms with van der Waals surface area (Å²) in [5.41, 5.74) is 1.34. The zero-order valence-electron chi connectivity index (χ0n) is 13.0. The standard InChI is InChI=1S/C18H15ClN2O3/c1-12(17(22)21-11-15-6-2-3-8-16(15)19)24-18(23)14-7-4-5-13(9-14)10-20/h2-9,12H,11H2,1H3,(H,21,22)/t12-/m1/s1. The quantitative estimate of drug-likeness (QED) is 0.847. The van der Waals surface area contributed by atoms with Crippen molar-refractivity contribution >= 4 is 23.5 Å². The molecular formula is C18H15ClN2O3. The fourth-order valence-corrected chi connectivity index (χ4v) is 2.17. The Balaban J connectivity index is 1.92. The number of hydrogen-bond acceptors (Lipinski definition) is 4. The van der Waals surface area contributed by atoms with Crippen LogP contribution in [0.5, 0.6) is 0 Å². The Morgan fingerprint density at radius 3 is 2.71 bits per heavy atom. The van der Waals surface area contributed by atoms with Crippen molar-refractivity contribution in [2.45, 2.75) is 19.6 Å². The summed E-state index contributed by atoms with van der Waals surface area (Å²) in [7, 11) is 0. The summed E-state index contributed by atoms with van der Waals surface area (Å²) in [5, 5.41) is 12.1. The lowest BCUT2D eigenvalue weighted by Crippen LogP contribution is -2.35. The van der Waals surface area contributed by atoms with Gasteiger partial charge in [-0.25, -0.2) is 4.79 Å². The maximum absolute atomic E-state index is 12.0. The van der Waals surface area contributed by atoms with Crippen LogP contribution in [0, 0.1) is 11.3 Å². The number of nitrogens with one attached hydrogen (secondary N) is 1. The fraction of sp³-hybridized carbons (Fsp3) is 0.167. The second-order valence-corrected chi connectivity index (χ2v) is 5.46. The highest BCUT2D eigenvalue weighted by Crippen LogP contribution is 2.14. The van der Waals surface area contributed by atoms with Crippen LogP contribution in [0.1, 0.15) is 28.4 Å². The first-order valence-electron chi connectivity index (χ1n) is 7.23. The van der Waals surface area contributed by atoms with Crippen molar-refractivity contribution < 1.29 is 14.3 Å². The molecule has 0 aliphatic heterocycles. The molecule has 24 heavy (non-hydrogen) atoms. The normalized spacial score (nSPS) is 11.2. The molecule has 122 valence electrons. The second-order valence-electron chi connectivity index (χ2n) is 5.05. The molecule has 5 nitrogen and oxygen atoms in total. The third kappa shape index (κ3) is 4.58. The largest absolute Gasteiger partial charge is 0.449 e. The molecule has 0 unspecified atom stereocenters. The molecule has 0 aliphatic carbocycles. The van der Waals surface area contributed by atoms with Crippen LogP contribution in [-0.2, 0) is 16.1 Å². The Kier molecular flexibility index (Phi) is 5.94. The smallest absolute Gasteiger partial charge is 0.338 e. The van der Waals surface area contributed by atoms with Gasteiger partial charge in [0.25, 0.3) is 5.91 Å². The summed E-state index contributed by atoms with van der Waals surface area (Å²) in [6.07, 6.45) is -0.967. The predicted molar refractivity (Wildman–Crippen MR) is 89.3 cm³/mol. The number of carbonyl (C=O) groups is 2. The Morgan fingerprint density at radius 1 is 1.25 bits per heavy atom. The highest BCUT2D eigenvalue weighted by molar-refractivity contribution is 6.31. The van der Waals surface area contributed by atoms with Gasteiger partial charge in [0.2, 0.25) is 0 Å². The molecule has 0 heterocycles. The number of nitriles is 1. The summed E-state index contributed by atoms with van der Waals surface area (Å²) in [6, 6.07) is 15.2. The van der Waals surface area contributed by atoms with E-state index >= 15 is 0 Å². The number of nitrogens with zero attached hydrogens (tertiary/aromatic N) is 1. The van der Waals surface area contributed by atoms with E-state index < -0.39 is 18.0 Å². The minimum absolute atomic E-state index is 0.222. The van der Waals surface area contributed by atoms with Gasteiger partial charge in [0.1, 0.15) is 0 Å². The van der Waals surface area contributed by atoms with Crippen molar-refractivity contribution in [3.8, 4) is 6.07 Å². The Morgan fingerprint density at radius 2 is 2.00 bits per heavy atom. The third-order valence-electron chi connectivity index (χ3n) is 3.29. The summed E-state index contributed by atoms with van der Waals surface area (Å²) >= 11 is 6.02. The average Bonchev–Trinajstić information content (AvgIpc) is 2.60. The van der Waals surface area contributed by atoms with Crippen LogP contribution in [0.2, 0.25) is 5.02 Å². The van der Waals surface area contributed by atoms with Gasteiger partial charge in [-0.3, -0.25) is 4.79 Å². The van der Waals surface area contributed by atoms with Gasteiger partial charge in [0.15, 0.2) is 6.10 Å². The molecule has 0 aromatic heterocycles. The van der Waals surface area contributed by atoms with Crippen LogP contribution in [0.25, 0.3) is 0 Å². The number of hydrogen-bond donors (Lipinski definition) is 1. The van der Waals surface area contributed by atoms with Crippen molar-refractivity contribution in [2.75, 3.05) is 0 Å². The molecule has 0 radical (unpaired) electrons. The highest BCUT2D eigenvalue weighted by atomic mass is 35.5. The van der Waals surface area contributed by atoms with Gasteiger partial charge >= 0.3 is 5.97 Å². The predicted octanol–water partition coefficient (Wildman–Crippen LogP) is 3.07. The van der Waals surface area contributed by atoms with E-state index in [1.165, 1.54) is 19.1 Å². The summed E-state index contributed by atoms with van der Waals surface area (Å²) in [5.74, 6) is -1.09. The Bertz CT molecular complexity index is 799. The molecular weight excluding hydrogens is 328 g/mol. The van der Waals surface area contributed by atoms with E-state index in [4.69, 9.17) is 21.6 Å². The number of carbonyl (C=O) groups excluding carboxylic acids is 2. The summed E-state index contributed by atoms with van der Waals surface area (Å²) in [6.45, 7) is 1.72. The molecule has 2 aromatic rings. The molecule has 0 bridgehead atoms. The number of halogens is 1. The van der Waals surface area contributed by atoms with Crippen molar-refractivity contribution in [3.05, 3.63) is 70.2 Å². The van der Waals surface area contributed by atoms with Gasteiger partial charge in [-0.05, 0) is 36.8 Å². The van der Waals surface area contributed by atoms with E-state index in [0.717, 1.165) is 5.56 Å². The zero-order chi connectivity index (χ0) is 17.5. The van der Waals surface area contributed by atoms with Crippen molar-refractivity contribution in [2.24, 2.45) is 0 Å². The lowest BCUT2D eigenvalue weighted by molar-refractivity contribution is -0.129. The van der Waals surface area contributed by atoms with E-state index in [0.29, 0.717) is 10.6 Å². The van der Waals surface area contributed by atoms with E-state index in [2.05, 4.69) is 5.32 Å². The molecule has 1 N–H and O–H groups in total. The molecule has 6 heteroatoms. The van der Waals surface area contributed by atoms with Gasteiger partial charge in [-0.2, -0.15) is 5.26 Å².